The number of hydrogen-bond donors (Lipinski definition) is 1. The molecular formula is C19H23N3O4S. The zero-order valence-corrected chi connectivity index (χ0v) is 16.9. The monoisotopic (exact) mass is 389 g/mol. The highest BCUT2D eigenvalue weighted by Gasteiger charge is 2.40. The van der Waals surface area contributed by atoms with Gasteiger partial charge in [-0.15, -0.1) is 11.3 Å². The third kappa shape index (κ3) is 3.53. The van der Waals surface area contributed by atoms with E-state index in [1.54, 1.807) is 0 Å². The fraction of sp³-hybridized carbons (Fsp3) is 0.474. The van der Waals surface area contributed by atoms with Gasteiger partial charge in [0.2, 0.25) is 0 Å². The molecule has 0 saturated carbocycles. The minimum Gasteiger partial charge on any atom is -0.465 e. The van der Waals surface area contributed by atoms with E-state index in [-0.39, 0.29) is 22.1 Å². The first-order valence-corrected chi connectivity index (χ1v) is 9.52. The van der Waals surface area contributed by atoms with Crippen molar-refractivity contribution in [1.82, 2.24) is 4.98 Å². The van der Waals surface area contributed by atoms with Crippen molar-refractivity contribution in [3.8, 4) is 0 Å². The number of nitrogens with one attached hydrogen (secondary N) is 1. The van der Waals surface area contributed by atoms with Crippen LogP contribution in [0.25, 0.3) is 0 Å². The zero-order chi connectivity index (χ0) is 20.0. The summed E-state index contributed by atoms with van der Waals surface area (Å²) in [6, 6.07) is 4.24. The van der Waals surface area contributed by atoms with E-state index in [1.165, 1.54) is 41.5 Å². The first kappa shape index (κ1) is 19.3. The summed E-state index contributed by atoms with van der Waals surface area (Å²) in [6.45, 7) is 8.77. The smallest absolute Gasteiger partial charge is 0.338 e. The number of anilines is 2. The van der Waals surface area contributed by atoms with Crippen LogP contribution in [0.15, 0.2) is 18.2 Å². The summed E-state index contributed by atoms with van der Waals surface area (Å²) in [5, 5.41) is 15.2. The molecule has 1 aliphatic rings. The fourth-order valence-electron chi connectivity index (χ4n) is 3.30. The average Bonchev–Trinajstić information content (AvgIpc) is 3.05. The van der Waals surface area contributed by atoms with Crippen LogP contribution in [-0.4, -0.2) is 23.0 Å². The molecule has 7 nitrogen and oxygen atoms in total. The van der Waals surface area contributed by atoms with Crippen LogP contribution in [0.3, 0.4) is 0 Å². The van der Waals surface area contributed by atoms with Gasteiger partial charge in [-0.1, -0.05) is 27.7 Å². The first-order chi connectivity index (χ1) is 12.5. The summed E-state index contributed by atoms with van der Waals surface area (Å²) >= 11 is 1.54. The number of carbonyl (C=O) groups excluding carboxylic acids is 1. The molecule has 1 aromatic carbocycles. The van der Waals surface area contributed by atoms with Crippen LogP contribution in [0.4, 0.5) is 16.5 Å². The van der Waals surface area contributed by atoms with E-state index in [4.69, 9.17) is 4.98 Å². The number of carbonyl (C=O) groups is 1. The van der Waals surface area contributed by atoms with E-state index in [0.29, 0.717) is 10.8 Å². The second-order valence-electron chi connectivity index (χ2n) is 8.07. The maximum absolute atomic E-state index is 11.7. The predicted molar refractivity (Wildman–Crippen MR) is 105 cm³/mol. The Balaban J connectivity index is 2.00. The lowest BCUT2D eigenvalue weighted by atomic mass is 9.69. The predicted octanol–water partition coefficient (Wildman–Crippen LogP) is 4.93. The van der Waals surface area contributed by atoms with E-state index in [1.807, 2.05) is 0 Å². The Kier molecular flexibility index (Phi) is 4.71. The normalized spacial score (nSPS) is 17.1. The molecule has 0 atom stereocenters. The lowest BCUT2D eigenvalue weighted by molar-refractivity contribution is -0.383. The SMILES string of the molecule is COC(=O)c1ccc(Nc2nc3c(s2)C(C)(C)CCC3(C)C)c([N+](=O)[O-])c1. The van der Waals surface area contributed by atoms with E-state index >= 15 is 0 Å². The molecule has 0 radical (unpaired) electrons. The van der Waals surface area contributed by atoms with Gasteiger partial charge in [0.25, 0.3) is 5.69 Å². The minimum atomic E-state index is -0.613. The van der Waals surface area contributed by atoms with Gasteiger partial charge in [0.1, 0.15) is 5.69 Å². The summed E-state index contributed by atoms with van der Waals surface area (Å²) in [6.07, 6.45) is 2.12. The molecule has 3 rings (SSSR count). The van der Waals surface area contributed by atoms with Crippen LogP contribution >= 0.6 is 11.3 Å². The number of rotatable bonds is 4. The van der Waals surface area contributed by atoms with Crippen LogP contribution in [0.5, 0.6) is 0 Å². The van der Waals surface area contributed by atoms with E-state index in [2.05, 4.69) is 37.7 Å². The van der Waals surface area contributed by atoms with E-state index in [0.717, 1.165) is 18.5 Å². The Bertz CT molecular complexity index is 884. The van der Waals surface area contributed by atoms with Crippen molar-refractivity contribution in [2.24, 2.45) is 0 Å². The lowest BCUT2D eigenvalue weighted by Crippen LogP contribution is -2.32. The molecule has 1 aromatic heterocycles. The summed E-state index contributed by atoms with van der Waals surface area (Å²) in [5.41, 5.74) is 1.31. The molecule has 27 heavy (non-hydrogen) atoms. The molecule has 0 amide bonds. The van der Waals surface area contributed by atoms with Gasteiger partial charge in [0.05, 0.1) is 23.3 Å². The number of nitrogens with zero attached hydrogens (tertiary/aromatic N) is 2. The van der Waals surface area contributed by atoms with E-state index in [9.17, 15) is 14.9 Å². The van der Waals surface area contributed by atoms with Gasteiger partial charge in [0, 0.05) is 21.8 Å². The summed E-state index contributed by atoms with van der Waals surface area (Å²) in [4.78, 5) is 28.6. The number of benzene rings is 1. The average molecular weight is 389 g/mol. The first-order valence-electron chi connectivity index (χ1n) is 8.71. The second-order valence-corrected chi connectivity index (χ2v) is 9.07. The molecule has 0 saturated heterocycles. The van der Waals surface area contributed by atoms with Gasteiger partial charge in [-0.05, 0) is 25.0 Å². The molecule has 0 unspecified atom stereocenters. The number of ether oxygens (including phenoxy) is 1. The molecule has 0 spiro atoms. The number of methoxy groups -OCH3 is 1. The van der Waals surface area contributed by atoms with Gasteiger partial charge >= 0.3 is 5.97 Å². The van der Waals surface area contributed by atoms with Crippen LogP contribution < -0.4 is 5.32 Å². The minimum absolute atomic E-state index is 0.0258. The summed E-state index contributed by atoms with van der Waals surface area (Å²) in [7, 11) is 1.24. The molecule has 144 valence electrons. The third-order valence-electron chi connectivity index (χ3n) is 5.12. The van der Waals surface area contributed by atoms with Crippen molar-refractivity contribution in [1.29, 1.82) is 0 Å². The molecule has 1 aliphatic carbocycles. The second kappa shape index (κ2) is 6.60. The van der Waals surface area contributed by atoms with Gasteiger partial charge in [0.15, 0.2) is 5.13 Å². The maximum Gasteiger partial charge on any atom is 0.338 e. The van der Waals surface area contributed by atoms with Gasteiger partial charge in [-0.25, -0.2) is 9.78 Å². The van der Waals surface area contributed by atoms with Crippen molar-refractivity contribution < 1.29 is 14.5 Å². The number of thiazole rings is 1. The van der Waals surface area contributed by atoms with Crippen LogP contribution in [0.1, 0.15) is 61.5 Å². The van der Waals surface area contributed by atoms with Crippen molar-refractivity contribution in [3.05, 3.63) is 44.4 Å². The molecule has 0 fully saturated rings. The fourth-order valence-corrected chi connectivity index (χ4v) is 4.58. The van der Waals surface area contributed by atoms with Gasteiger partial charge in [-0.2, -0.15) is 0 Å². The molecule has 1 N–H and O–H groups in total. The van der Waals surface area contributed by atoms with Crippen molar-refractivity contribution in [3.63, 3.8) is 0 Å². The molecular weight excluding hydrogens is 366 g/mol. The zero-order valence-electron chi connectivity index (χ0n) is 16.1. The van der Waals surface area contributed by atoms with Gasteiger partial charge in [-0.3, -0.25) is 10.1 Å². The van der Waals surface area contributed by atoms with Crippen molar-refractivity contribution in [2.45, 2.75) is 51.4 Å². The standard InChI is InChI=1S/C19H23N3O4S/c1-18(2)8-9-19(3,4)15-14(18)21-17(27-15)20-12-7-6-11(16(23)26-5)10-13(12)22(24)25/h6-7,10H,8-9H2,1-5H3,(H,20,21). The van der Waals surface area contributed by atoms with Crippen molar-refractivity contribution in [2.75, 3.05) is 12.4 Å². The largest absolute Gasteiger partial charge is 0.465 e. The van der Waals surface area contributed by atoms with Crippen LogP contribution in [-0.2, 0) is 15.6 Å². The summed E-state index contributed by atoms with van der Waals surface area (Å²) in [5.74, 6) is -0.613. The highest BCUT2D eigenvalue weighted by atomic mass is 32.1. The number of nitro benzene ring substituents is 1. The molecule has 8 heteroatoms. The number of esters is 1. The number of hydrogen-bond acceptors (Lipinski definition) is 7. The van der Waals surface area contributed by atoms with Crippen LogP contribution in [0, 0.1) is 10.1 Å². The Morgan fingerprint density at radius 2 is 1.93 bits per heavy atom. The topological polar surface area (TPSA) is 94.4 Å². The Morgan fingerprint density at radius 1 is 1.26 bits per heavy atom. The Morgan fingerprint density at radius 3 is 2.52 bits per heavy atom. The Labute approximate surface area is 161 Å². The highest BCUT2D eigenvalue weighted by Crippen LogP contribution is 2.49. The quantitative estimate of drug-likeness (QED) is 0.453. The molecule has 0 aliphatic heterocycles. The highest BCUT2D eigenvalue weighted by molar-refractivity contribution is 7.16. The molecule has 1 heterocycles. The van der Waals surface area contributed by atoms with E-state index < -0.39 is 10.9 Å². The summed E-state index contributed by atoms with van der Waals surface area (Å²) < 4.78 is 4.64. The number of nitro groups is 1. The lowest BCUT2D eigenvalue weighted by Gasteiger charge is -2.37. The third-order valence-corrected chi connectivity index (χ3v) is 6.45. The number of fused-ring (bicyclic) bond motifs is 1. The molecule has 0 bridgehead atoms. The number of aromatic nitrogens is 1. The van der Waals surface area contributed by atoms with Crippen LogP contribution in [0.2, 0.25) is 0 Å². The molecule has 2 aromatic rings. The Hall–Kier alpha value is -2.48. The van der Waals surface area contributed by atoms with Crippen molar-refractivity contribution >= 4 is 33.8 Å². The van der Waals surface area contributed by atoms with Gasteiger partial charge < -0.3 is 10.1 Å². The maximum atomic E-state index is 11.7.